The van der Waals surface area contributed by atoms with Crippen LogP contribution in [0.5, 0.6) is 0 Å². The van der Waals surface area contributed by atoms with Crippen LogP contribution in [0.3, 0.4) is 0 Å². The summed E-state index contributed by atoms with van der Waals surface area (Å²) in [5.74, 6) is 1.05. The molecule has 1 unspecified atom stereocenters. The molecule has 0 aromatic heterocycles. The highest BCUT2D eigenvalue weighted by atomic mass is 35.5. The molecule has 0 spiro atoms. The number of hydrogen-bond donors (Lipinski definition) is 0. The molecule has 96 valence electrons. The summed E-state index contributed by atoms with van der Waals surface area (Å²) >= 11 is 28.6. The van der Waals surface area contributed by atoms with Gasteiger partial charge in [0.05, 0.1) is 0 Å². The highest BCUT2D eigenvalue weighted by Gasteiger charge is 1.85. The number of allylic oxidation sites excluding steroid dienone is 1. The standard InChI is InChI=1S/C3H6Cl2.C3H4Cl2.C2N2.CS2/c1-3(5)2-4;4-2-1-3-5;3-1-2-4;2-1-3/h3H,2H2,1H3;1-2H,3H2;;. The van der Waals surface area contributed by atoms with Crippen LogP contribution in [-0.4, -0.2) is 21.5 Å². The van der Waals surface area contributed by atoms with Crippen LogP contribution in [0.1, 0.15) is 6.92 Å². The minimum absolute atomic E-state index is 0.122. The number of nitriles is 2. The Bertz CT molecular complexity index is 251. The van der Waals surface area contributed by atoms with E-state index >= 15 is 0 Å². The maximum absolute atomic E-state index is 7.26. The van der Waals surface area contributed by atoms with Gasteiger partial charge in [0.25, 0.3) is 0 Å². The Kier molecular flexibility index (Phi) is 54.7. The molecule has 0 amide bonds. The van der Waals surface area contributed by atoms with E-state index in [4.69, 9.17) is 56.9 Å². The summed E-state index contributed by atoms with van der Waals surface area (Å²) in [6.07, 6.45) is 1.66. The molecule has 0 bridgehead atoms. The first kappa shape index (κ1) is 25.8. The Balaban J connectivity index is -0.0000000676. The highest BCUT2D eigenvalue weighted by molar-refractivity contribution is 7.93. The third-order valence-corrected chi connectivity index (χ3v) is 1.57. The molecule has 0 aliphatic carbocycles. The largest absolute Gasteiger partial charge is 0.181 e. The molecular weight excluding hydrogens is 342 g/mol. The minimum Gasteiger partial charge on any atom is -0.181 e. The third kappa shape index (κ3) is 123. The number of nitrogens with zero attached hydrogens (tertiary/aromatic N) is 2. The number of rotatable bonds is 2. The van der Waals surface area contributed by atoms with Crippen molar-refractivity contribution in [1.29, 1.82) is 10.5 Å². The van der Waals surface area contributed by atoms with Gasteiger partial charge in [0.1, 0.15) is 0 Å². The van der Waals surface area contributed by atoms with Crippen LogP contribution in [0.25, 0.3) is 0 Å². The highest BCUT2D eigenvalue weighted by Crippen LogP contribution is 1.93. The average Bonchev–Trinajstić information content (AvgIpc) is 2.32. The van der Waals surface area contributed by atoms with Gasteiger partial charge >= 0.3 is 0 Å². The lowest BCUT2D eigenvalue weighted by Crippen LogP contribution is -1.87. The quantitative estimate of drug-likeness (QED) is 0.525. The molecule has 0 N–H and O–H groups in total. The predicted octanol–water partition coefficient (Wildman–Crippen LogP) is 4.88. The van der Waals surface area contributed by atoms with Gasteiger partial charge in [-0.3, -0.25) is 0 Å². The number of alkyl halides is 3. The van der Waals surface area contributed by atoms with Crippen molar-refractivity contribution in [3.8, 4) is 12.1 Å². The van der Waals surface area contributed by atoms with Gasteiger partial charge in [-0.05, 0) is 31.4 Å². The van der Waals surface area contributed by atoms with E-state index in [-0.39, 0.29) is 5.38 Å². The first-order valence-corrected chi connectivity index (χ1v) is 6.56. The Labute approximate surface area is 133 Å². The maximum Gasteiger partial charge on any atom is 0.181 e. The molecule has 0 aromatic rings. The summed E-state index contributed by atoms with van der Waals surface area (Å²) in [7, 11) is 0. The average molecular weight is 352 g/mol. The molecule has 2 nitrogen and oxygen atoms in total. The van der Waals surface area contributed by atoms with Crippen LogP contribution in [0, 0.1) is 22.7 Å². The fourth-order valence-electron chi connectivity index (χ4n) is 0.0337. The summed E-state index contributed by atoms with van der Waals surface area (Å²) < 4.78 is 1.92. The minimum atomic E-state index is 0.122. The summed E-state index contributed by atoms with van der Waals surface area (Å²) in [4.78, 5) is 0. The Morgan fingerprint density at radius 1 is 1.24 bits per heavy atom. The SMILES string of the molecule is CC(Cl)CCl.ClC=CCCl.N#CC#N.S=C=S. The lowest BCUT2D eigenvalue weighted by molar-refractivity contribution is 1.11. The van der Waals surface area contributed by atoms with Crippen LogP contribution in [0.2, 0.25) is 0 Å². The lowest BCUT2D eigenvalue weighted by Gasteiger charge is -1.85. The molecular formula is C9H10Cl4N2S2. The zero-order chi connectivity index (χ0) is 14.5. The fraction of sp³-hybridized carbons (Fsp3) is 0.444. The van der Waals surface area contributed by atoms with E-state index in [9.17, 15) is 0 Å². The molecule has 0 aliphatic heterocycles. The second-order valence-electron chi connectivity index (χ2n) is 1.76. The smallest absolute Gasteiger partial charge is 0.181 e. The van der Waals surface area contributed by atoms with E-state index in [1.807, 2.05) is 11.2 Å². The van der Waals surface area contributed by atoms with Crippen LogP contribution in [0.4, 0.5) is 0 Å². The monoisotopic (exact) mass is 350 g/mol. The normalized spacial score (nSPS) is 8.41. The molecule has 0 aromatic carbocycles. The van der Waals surface area contributed by atoms with Crippen molar-refractivity contribution in [2.45, 2.75) is 12.3 Å². The van der Waals surface area contributed by atoms with Crippen molar-refractivity contribution >= 4 is 75.2 Å². The van der Waals surface area contributed by atoms with Crippen molar-refractivity contribution < 1.29 is 0 Å². The lowest BCUT2D eigenvalue weighted by atomic mass is 10.6. The van der Waals surface area contributed by atoms with E-state index in [2.05, 4.69) is 24.4 Å². The van der Waals surface area contributed by atoms with Crippen LogP contribution in [0.15, 0.2) is 11.6 Å². The zero-order valence-corrected chi connectivity index (χ0v) is 13.5. The van der Waals surface area contributed by atoms with Crippen molar-refractivity contribution in [3.05, 3.63) is 11.6 Å². The molecule has 0 radical (unpaired) electrons. The van der Waals surface area contributed by atoms with Gasteiger partial charge in [0, 0.05) is 27.0 Å². The molecule has 0 saturated carbocycles. The second-order valence-corrected chi connectivity index (χ2v) is 4.04. The molecule has 8 heteroatoms. The predicted molar refractivity (Wildman–Crippen MR) is 83.2 cm³/mol. The van der Waals surface area contributed by atoms with E-state index in [1.165, 1.54) is 17.7 Å². The maximum atomic E-state index is 7.26. The second kappa shape index (κ2) is 36.0. The molecule has 1 atom stereocenters. The first-order chi connectivity index (χ1) is 8.01. The summed E-state index contributed by atoms with van der Waals surface area (Å²) in [5, 5.41) is 14.6. The van der Waals surface area contributed by atoms with Crippen molar-refractivity contribution in [2.24, 2.45) is 0 Å². The number of hydrogen-bond acceptors (Lipinski definition) is 4. The molecule has 0 saturated heterocycles. The van der Waals surface area contributed by atoms with Crippen LogP contribution < -0.4 is 0 Å². The summed E-state index contributed by atoms with van der Waals surface area (Å²) in [6.45, 7) is 1.86. The molecule has 0 fully saturated rings. The van der Waals surface area contributed by atoms with Crippen molar-refractivity contribution in [2.75, 3.05) is 11.8 Å². The van der Waals surface area contributed by atoms with Crippen molar-refractivity contribution in [1.82, 2.24) is 0 Å². The Morgan fingerprint density at radius 2 is 1.53 bits per heavy atom. The van der Waals surface area contributed by atoms with Gasteiger partial charge in [0.15, 0.2) is 12.1 Å². The van der Waals surface area contributed by atoms with E-state index < -0.39 is 0 Å². The number of halogens is 4. The number of thiocarbonyl (C=S) groups is 2. The van der Waals surface area contributed by atoms with E-state index in [0.29, 0.717) is 11.8 Å². The zero-order valence-electron chi connectivity index (χ0n) is 8.87. The van der Waals surface area contributed by atoms with Gasteiger partial charge < -0.3 is 0 Å². The van der Waals surface area contributed by atoms with Crippen molar-refractivity contribution in [3.63, 3.8) is 0 Å². The fourth-order valence-corrected chi connectivity index (χ4v) is 0.303. The van der Waals surface area contributed by atoms with E-state index in [0.717, 1.165) is 0 Å². The summed E-state index contributed by atoms with van der Waals surface area (Å²) in [6, 6.07) is 2.47. The third-order valence-electron chi connectivity index (χ3n) is 0.441. The molecule has 17 heavy (non-hydrogen) atoms. The van der Waals surface area contributed by atoms with Crippen LogP contribution >= 0.6 is 70.8 Å². The van der Waals surface area contributed by atoms with Gasteiger partial charge in [0.2, 0.25) is 0 Å². The summed E-state index contributed by atoms with van der Waals surface area (Å²) in [5.41, 5.74) is 1.40. The molecule has 0 aliphatic rings. The Morgan fingerprint density at radius 3 is 1.53 bits per heavy atom. The van der Waals surface area contributed by atoms with Gasteiger partial charge in [-0.2, -0.15) is 10.5 Å². The topological polar surface area (TPSA) is 47.6 Å². The molecule has 0 heterocycles. The van der Waals surface area contributed by atoms with Gasteiger partial charge in [-0.15, -0.1) is 34.8 Å². The molecule has 0 rings (SSSR count). The van der Waals surface area contributed by atoms with Crippen LogP contribution in [-0.2, 0) is 0 Å². The van der Waals surface area contributed by atoms with Gasteiger partial charge in [-0.25, -0.2) is 0 Å². The Hall–Kier alpha value is 0.1000. The van der Waals surface area contributed by atoms with E-state index in [1.54, 1.807) is 6.08 Å². The van der Waals surface area contributed by atoms with Gasteiger partial charge in [-0.1, -0.05) is 17.7 Å². The first-order valence-electron chi connectivity index (χ1n) is 3.80.